The average molecular weight is 229 g/mol. The fourth-order valence-electron chi connectivity index (χ4n) is 0.319. The van der Waals surface area contributed by atoms with Gasteiger partial charge >= 0.3 is 13.8 Å². The normalized spacial score (nSPS) is 10.7. The molecule has 8 heteroatoms. The first-order valence-electron chi connectivity index (χ1n) is 3.67. The van der Waals surface area contributed by atoms with Crippen molar-refractivity contribution in [2.45, 2.75) is 6.42 Å². The highest BCUT2D eigenvalue weighted by molar-refractivity contribution is 7.46. The van der Waals surface area contributed by atoms with Crippen molar-refractivity contribution >= 4 is 13.8 Å². The van der Waals surface area contributed by atoms with Crippen LogP contribution in [-0.2, 0) is 13.9 Å². The number of rotatable bonds is 4. The predicted octanol–water partition coefficient (Wildman–Crippen LogP) is -0.252. The van der Waals surface area contributed by atoms with Gasteiger partial charge in [0.15, 0.2) is 0 Å². The summed E-state index contributed by atoms with van der Waals surface area (Å²) in [6, 6.07) is 0. The molecule has 0 saturated heterocycles. The van der Waals surface area contributed by atoms with Gasteiger partial charge in [-0.2, -0.15) is 0 Å². The van der Waals surface area contributed by atoms with E-state index >= 15 is 0 Å². The molecule has 0 aromatic rings. The Bertz CT molecular complexity index is 200. The molecule has 0 rings (SSSR count). The average Bonchev–Trinajstić information content (AvgIpc) is 2.01. The molecule has 0 amide bonds. The van der Waals surface area contributed by atoms with Gasteiger partial charge in [-0.05, 0) is 14.1 Å². The zero-order valence-corrected chi connectivity index (χ0v) is 9.27. The Morgan fingerprint density at radius 3 is 1.86 bits per heavy atom. The van der Waals surface area contributed by atoms with Gasteiger partial charge in [0, 0.05) is 13.7 Å². The molecule has 3 N–H and O–H groups in total. The number of hydrogen-bond donors (Lipinski definition) is 3. The lowest BCUT2D eigenvalue weighted by atomic mass is 10.4. The second-order valence-corrected chi connectivity index (χ2v) is 3.97. The maximum Gasteiger partial charge on any atom is 0.469 e. The highest BCUT2D eigenvalue weighted by Gasteiger charge is 2.07. The van der Waals surface area contributed by atoms with Crippen molar-refractivity contribution in [2.24, 2.45) is 0 Å². The molecule has 0 radical (unpaired) electrons. The minimum absolute atomic E-state index is 0.229. The molecule has 0 aliphatic rings. The standard InChI is InChI=1S/C5H11NO2.CH5O4P/c1-6(2)4-3-5(7)8;1-5-6(2,3)4/h3-4H2,1-2H3,(H,7,8);1H3,(H2,2,3,4). The molecule has 0 fully saturated rings. The fourth-order valence-corrected chi connectivity index (χ4v) is 0.319. The first kappa shape index (κ1) is 16.0. The van der Waals surface area contributed by atoms with E-state index in [9.17, 15) is 9.36 Å². The van der Waals surface area contributed by atoms with Gasteiger partial charge in [-0.15, -0.1) is 0 Å². The summed E-state index contributed by atoms with van der Waals surface area (Å²) in [4.78, 5) is 27.1. The topological polar surface area (TPSA) is 107 Å². The molecule has 0 bridgehead atoms. The Balaban J connectivity index is 0. The fraction of sp³-hybridized carbons (Fsp3) is 0.833. The van der Waals surface area contributed by atoms with Gasteiger partial charge in [-0.3, -0.25) is 9.32 Å². The van der Waals surface area contributed by atoms with Crippen LogP contribution >= 0.6 is 7.82 Å². The number of phosphoric ester groups is 1. The van der Waals surface area contributed by atoms with Crippen LogP contribution in [0.15, 0.2) is 0 Å². The van der Waals surface area contributed by atoms with Gasteiger partial charge in [-0.1, -0.05) is 0 Å². The quantitative estimate of drug-likeness (QED) is 0.570. The first-order valence-corrected chi connectivity index (χ1v) is 5.20. The molecule has 0 unspecified atom stereocenters. The monoisotopic (exact) mass is 229 g/mol. The smallest absolute Gasteiger partial charge is 0.469 e. The van der Waals surface area contributed by atoms with E-state index in [0.717, 1.165) is 7.11 Å². The van der Waals surface area contributed by atoms with E-state index in [1.54, 1.807) is 0 Å². The Morgan fingerprint density at radius 2 is 1.79 bits per heavy atom. The first-order chi connectivity index (χ1) is 6.19. The van der Waals surface area contributed by atoms with E-state index in [4.69, 9.17) is 14.9 Å². The van der Waals surface area contributed by atoms with Gasteiger partial charge in [0.05, 0.1) is 6.42 Å². The van der Waals surface area contributed by atoms with E-state index in [0.29, 0.717) is 6.54 Å². The van der Waals surface area contributed by atoms with Crippen LogP contribution in [0.25, 0.3) is 0 Å². The van der Waals surface area contributed by atoms with Crippen LogP contribution in [0.3, 0.4) is 0 Å². The Morgan fingerprint density at radius 1 is 1.43 bits per heavy atom. The van der Waals surface area contributed by atoms with Gasteiger partial charge in [-0.25, -0.2) is 4.57 Å². The number of aliphatic carboxylic acids is 1. The van der Waals surface area contributed by atoms with Crippen molar-refractivity contribution in [3.8, 4) is 0 Å². The number of carbonyl (C=O) groups is 1. The van der Waals surface area contributed by atoms with Crippen LogP contribution in [0, 0.1) is 0 Å². The Labute approximate surface area is 82.5 Å². The minimum atomic E-state index is -4.15. The van der Waals surface area contributed by atoms with Crippen molar-refractivity contribution < 1.29 is 28.8 Å². The van der Waals surface area contributed by atoms with Crippen LogP contribution in [-0.4, -0.2) is 53.5 Å². The molecule has 0 aliphatic heterocycles. The molecule has 0 aromatic carbocycles. The molecule has 7 nitrogen and oxygen atoms in total. The summed E-state index contributed by atoms with van der Waals surface area (Å²) in [5, 5.41) is 8.14. The summed E-state index contributed by atoms with van der Waals surface area (Å²) in [6.07, 6.45) is 0.229. The third-order valence-corrected chi connectivity index (χ3v) is 1.49. The second-order valence-electron chi connectivity index (χ2n) is 2.62. The van der Waals surface area contributed by atoms with Gasteiger partial charge in [0.1, 0.15) is 0 Å². The largest absolute Gasteiger partial charge is 0.481 e. The SMILES string of the molecule is CN(C)CCC(=O)O.COP(=O)(O)O. The van der Waals surface area contributed by atoms with Crippen molar-refractivity contribution in [2.75, 3.05) is 27.7 Å². The summed E-state index contributed by atoms with van der Waals surface area (Å²) >= 11 is 0. The second kappa shape index (κ2) is 7.90. The minimum Gasteiger partial charge on any atom is -0.481 e. The maximum atomic E-state index is 9.88. The zero-order chi connectivity index (χ0) is 11.8. The lowest BCUT2D eigenvalue weighted by molar-refractivity contribution is -0.137. The number of carboxylic acids is 1. The summed E-state index contributed by atoms with van der Waals surface area (Å²) in [5.74, 6) is -0.737. The van der Waals surface area contributed by atoms with Crippen molar-refractivity contribution in [1.29, 1.82) is 0 Å². The molecule has 0 saturated carbocycles. The molecule has 86 valence electrons. The van der Waals surface area contributed by atoms with Crippen LogP contribution < -0.4 is 0 Å². The molecule has 0 aliphatic carbocycles. The summed E-state index contributed by atoms with van der Waals surface area (Å²) < 4.78 is 13.1. The van der Waals surface area contributed by atoms with E-state index in [1.807, 2.05) is 19.0 Å². The molecule has 14 heavy (non-hydrogen) atoms. The molecular formula is C6H16NO6P. The Kier molecular flexibility index (Phi) is 9.02. The molecular weight excluding hydrogens is 213 g/mol. The third-order valence-electron chi connectivity index (χ3n) is 1.01. The van der Waals surface area contributed by atoms with Crippen molar-refractivity contribution in [1.82, 2.24) is 4.90 Å². The number of phosphoric acid groups is 1. The highest BCUT2D eigenvalue weighted by Crippen LogP contribution is 2.33. The van der Waals surface area contributed by atoms with E-state index in [2.05, 4.69) is 4.52 Å². The van der Waals surface area contributed by atoms with Crippen molar-refractivity contribution in [3.05, 3.63) is 0 Å². The lowest BCUT2D eigenvalue weighted by Gasteiger charge is -2.04. The van der Waals surface area contributed by atoms with Gasteiger partial charge in [0.2, 0.25) is 0 Å². The third kappa shape index (κ3) is 22.5. The molecule has 0 heterocycles. The number of carboxylic acid groups (broad SMARTS) is 1. The zero-order valence-electron chi connectivity index (χ0n) is 8.38. The van der Waals surface area contributed by atoms with Gasteiger partial charge < -0.3 is 19.8 Å². The number of nitrogens with zero attached hydrogens (tertiary/aromatic N) is 1. The molecule has 0 aromatic heterocycles. The van der Waals surface area contributed by atoms with E-state index in [1.165, 1.54) is 0 Å². The van der Waals surface area contributed by atoms with Gasteiger partial charge in [0.25, 0.3) is 0 Å². The molecule has 0 atom stereocenters. The summed E-state index contributed by atoms with van der Waals surface area (Å²) in [5.41, 5.74) is 0. The lowest BCUT2D eigenvalue weighted by Crippen LogP contribution is -2.15. The highest BCUT2D eigenvalue weighted by atomic mass is 31.2. The molecule has 0 spiro atoms. The van der Waals surface area contributed by atoms with Crippen LogP contribution in [0.5, 0.6) is 0 Å². The van der Waals surface area contributed by atoms with E-state index < -0.39 is 13.8 Å². The van der Waals surface area contributed by atoms with Crippen LogP contribution in [0.4, 0.5) is 0 Å². The van der Waals surface area contributed by atoms with Crippen LogP contribution in [0.1, 0.15) is 6.42 Å². The summed E-state index contributed by atoms with van der Waals surface area (Å²) in [7, 11) is 0.499. The van der Waals surface area contributed by atoms with E-state index in [-0.39, 0.29) is 6.42 Å². The summed E-state index contributed by atoms with van der Waals surface area (Å²) in [6.45, 7) is 0.620. The predicted molar refractivity (Wildman–Crippen MR) is 49.9 cm³/mol. The van der Waals surface area contributed by atoms with Crippen molar-refractivity contribution in [3.63, 3.8) is 0 Å². The Hall–Kier alpha value is -0.460. The van der Waals surface area contributed by atoms with Crippen LogP contribution in [0.2, 0.25) is 0 Å². The number of hydrogen-bond acceptors (Lipinski definition) is 4. The maximum absolute atomic E-state index is 9.88.